The predicted octanol–water partition coefficient (Wildman–Crippen LogP) is 0.148. The smallest absolute Gasteiger partial charge is 0.163 e. The Labute approximate surface area is 98.0 Å². The summed E-state index contributed by atoms with van der Waals surface area (Å²) < 4.78 is 11.8. The monoisotopic (exact) mass is 236 g/mol. The molecule has 0 aliphatic carbocycles. The number of hydrogen-bond acceptors (Lipinski definition) is 3. The summed E-state index contributed by atoms with van der Waals surface area (Å²) in [4.78, 5) is 6.84. The van der Waals surface area contributed by atoms with Gasteiger partial charge in [-0.1, -0.05) is 12.1 Å². The highest BCUT2D eigenvalue weighted by atomic mass is 31.2. The van der Waals surface area contributed by atoms with Crippen molar-refractivity contribution in [1.82, 2.24) is 9.88 Å². The second-order valence-electron chi connectivity index (χ2n) is 4.79. The number of rotatable bonds is 2. The van der Waals surface area contributed by atoms with Crippen LogP contribution in [0.15, 0.2) is 18.2 Å². The fourth-order valence-corrected chi connectivity index (χ4v) is 3.64. The van der Waals surface area contributed by atoms with Crippen LogP contribution in [0.5, 0.6) is 0 Å². The van der Waals surface area contributed by atoms with E-state index in [-0.39, 0.29) is 0 Å². The fraction of sp³-hybridized carbons (Fsp3) is 0.545. The average molecular weight is 236 g/mol. The van der Waals surface area contributed by atoms with E-state index in [0.717, 1.165) is 43.2 Å². The lowest BCUT2D eigenvalue weighted by Crippen LogP contribution is -2.34. The fourth-order valence-electron chi connectivity index (χ4n) is 2.00. The Morgan fingerprint density at radius 1 is 1.44 bits per heavy atom. The summed E-state index contributed by atoms with van der Waals surface area (Å²) in [5.74, 6) is 0. The van der Waals surface area contributed by atoms with Crippen LogP contribution in [0.1, 0.15) is 5.69 Å². The van der Waals surface area contributed by atoms with Gasteiger partial charge in [-0.25, -0.2) is 0 Å². The Bertz CT molecular complexity index is 412. The Hall–Kier alpha value is -0.595. The first-order valence-corrected chi connectivity index (χ1v) is 8.28. The minimum atomic E-state index is -1.80. The number of hydrogen-bond donors (Lipinski definition) is 0. The normalized spacial score (nSPS) is 20.8. The van der Waals surface area contributed by atoms with Crippen LogP contribution >= 0.6 is 7.14 Å². The number of nitrogens with zero attached hydrogens (tertiary/aromatic N) is 2. The van der Waals surface area contributed by atoms with Gasteiger partial charge in [0.1, 0.15) is 0 Å². The summed E-state index contributed by atoms with van der Waals surface area (Å²) in [7, 11) is 0.214. The quantitative estimate of drug-likeness (QED) is 0.541. The molecule has 1 aliphatic rings. The van der Waals surface area contributed by atoms with Crippen molar-refractivity contribution in [2.75, 3.05) is 32.1 Å². The first-order valence-electron chi connectivity index (χ1n) is 5.76. The van der Waals surface area contributed by atoms with Gasteiger partial charge in [-0.3, -0.25) is 9.88 Å². The molecule has 0 amide bonds. The molecule has 16 heavy (non-hydrogen) atoms. The molecule has 0 atom stereocenters. The molecule has 2 rings (SSSR count). The van der Waals surface area contributed by atoms with Gasteiger partial charge < -0.3 is 4.57 Å². The van der Waals surface area contributed by atoms with Gasteiger partial charge in [0, 0.05) is 32.0 Å². The molecule has 1 aromatic rings. The van der Waals surface area contributed by atoms with E-state index >= 15 is 0 Å². The molecule has 1 aliphatic heterocycles. The van der Waals surface area contributed by atoms with Gasteiger partial charge in [0.2, 0.25) is 0 Å². The molecule has 1 fully saturated rings. The second kappa shape index (κ2) is 4.73. The first kappa shape index (κ1) is 11.9. The zero-order valence-corrected chi connectivity index (χ0v) is 10.9. The van der Waals surface area contributed by atoms with E-state index in [1.54, 1.807) is 0 Å². The molecule has 0 N–H and O–H groups in total. The molecule has 86 valence electrons. The third kappa shape index (κ3) is 3.20. The van der Waals surface area contributed by atoms with Crippen LogP contribution in [0.2, 0.25) is 0 Å². The SMILES string of the molecule is Bc1cccc(CN2CCP(C)(=O)CC2)n1. The first-order chi connectivity index (χ1) is 7.55. The largest absolute Gasteiger partial charge is 0.324 e. The van der Waals surface area contributed by atoms with E-state index in [4.69, 9.17) is 0 Å². The number of aromatic nitrogens is 1. The summed E-state index contributed by atoms with van der Waals surface area (Å²) in [5, 5.41) is 0. The van der Waals surface area contributed by atoms with Crippen molar-refractivity contribution in [3.63, 3.8) is 0 Å². The molecule has 2 heterocycles. The molecule has 0 aromatic carbocycles. The molecule has 1 aromatic heterocycles. The minimum Gasteiger partial charge on any atom is -0.324 e. The van der Waals surface area contributed by atoms with Gasteiger partial charge in [0.05, 0.1) is 12.8 Å². The minimum absolute atomic E-state index is 0.860. The molecule has 0 radical (unpaired) electrons. The van der Waals surface area contributed by atoms with Crippen LogP contribution in [-0.4, -0.2) is 49.8 Å². The second-order valence-corrected chi connectivity index (χ2v) is 8.28. The zero-order valence-electron chi connectivity index (χ0n) is 10.0. The Kier molecular flexibility index (Phi) is 3.51. The average Bonchev–Trinajstić information content (AvgIpc) is 2.21. The van der Waals surface area contributed by atoms with Gasteiger partial charge in [-0.15, -0.1) is 0 Å². The van der Waals surface area contributed by atoms with Crippen molar-refractivity contribution >= 4 is 20.6 Å². The Morgan fingerprint density at radius 3 is 2.75 bits per heavy atom. The molecule has 0 spiro atoms. The summed E-state index contributed by atoms with van der Waals surface area (Å²) in [6.07, 6.45) is 1.72. The summed E-state index contributed by atoms with van der Waals surface area (Å²) in [5.41, 5.74) is 2.18. The van der Waals surface area contributed by atoms with Gasteiger partial charge in [-0.05, 0) is 18.3 Å². The van der Waals surface area contributed by atoms with Crippen molar-refractivity contribution < 1.29 is 4.57 Å². The highest BCUT2D eigenvalue weighted by molar-refractivity contribution is 7.63. The van der Waals surface area contributed by atoms with Gasteiger partial charge in [0.15, 0.2) is 7.85 Å². The summed E-state index contributed by atoms with van der Waals surface area (Å²) in [6, 6.07) is 6.12. The highest BCUT2D eigenvalue weighted by Crippen LogP contribution is 2.42. The van der Waals surface area contributed by atoms with E-state index in [2.05, 4.69) is 16.0 Å². The maximum Gasteiger partial charge on any atom is 0.163 e. The van der Waals surface area contributed by atoms with Gasteiger partial charge in [-0.2, -0.15) is 0 Å². The van der Waals surface area contributed by atoms with Crippen LogP contribution in [0.4, 0.5) is 0 Å². The van der Waals surface area contributed by atoms with Crippen LogP contribution in [-0.2, 0) is 11.1 Å². The van der Waals surface area contributed by atoms with Crippen LogP contribution in [0, 0.1) is 0 Å². The third-order valence-corrected chi connectivity index (χ3v) is 5.40. The molecule has 0 saturated carbocycles. The van der Waals surface area contributed by atoms with Crippen molar-refractivity contribution in [1.29, 1.82) is 0 Å². The molecule has 0 bridgehead atoms. The van der Waals surface area contributed by atoms with Crippen LogP contribution in [0.25, 0.3) is 0 Å². The molecular weight excluding hydrogens is 218 g/mol. The Balaban J connectivity index is 1.94. The zero-order chi connectivity index (χ0) is 11.6. The van der Waals surface area contributed by atoms with E-state index < -0.39 is 7.14 Å². The van der Waals surface area contributed by atoms with E-state index in [1.807, 2.05) is 26.6 Å². The predicted molar refractivity (Wildman–Crippen MR) is 71.0 cm³/mol. The molecule has 5 heteroatoms. The van der Waals surface area contributed by atoms with E-state index in [9.17, 15) is 4.57 Å². The van der Waals surface area contributed by atoms with E-state index in [1.165, 1.54) is 0 Å². The van der Waals surface area contributed by atoms with Crippen LogP contribution < -0.4 is 5.59 Å². The Morgan fingerprint density at radius 2 is 2.12 bits per heavy atom. The van der Waals surface area contributed by atoms with Crippen molar-refractivity contribution in [2.45, 2.75) is 6.54 Å². The maximum absolute atomic E-state index is 11.8. The molecule has 1 saturated heterocycles. The molecule has 3 nitrogen and oxygen atoms in total. The van der Waals surface area contributed by atoms with Crippen molar-refractivity contribution in [2.24, 2.45) is 0 Å². The lowest BCUT2D eigenvalue weighted by atomic mass is 10.0. The molecular formula is C11H18BN2OP. The van der Waals surface area contributed by atoms with Gasteiger partial charge >= 0.3 is 0 Å². The molecule has 0 unspecified atom stereocenters. The van der Waals surface area contributed by atoms with Crippen LogP contribution in [0.3, 0.4) is 0 Å². The topological polar surface area (TPSA) is 33.2 Å². The lowest BCUT2D eigenvalue weighted by Gasteiger charge is -2.30. The highest BCUT2D eigenvalue weighted by Gasteiger charge is 2.23. The van der Waals surface area contributed by atoms with Crippen molar-refractivity contribution in [3.05, 3.63) is 23.9 Å². The summed E-state index contributed by atoms with van der Waals surface area (Å²) >= 11 is 0. The van der Waals surface area contributed by atoms with Gasteiger partial charge in [0.25, 0.3) is 0 Å². The lowest BCUT2D eigenvalue weighted by molar-refractivity contribution is 0.284. The van der Waals surface area contributed by atoms with E-state index in [0.29, 0.717) is 0 Å². The maximum atomic E-state index is 11.8. The standard InChI is InChI=1S/C11H18BN2OP/c1-16(15)7-5-14(6-8-16)9-10-3-2-4-11(12)13-10/h2-4H,5-9,12H2,1H3. The van der Waals surface area contributed by atoms with Crippen molar-refractivity contribution in [3.8, 4) is 0 Å². The third-order valence-electron chi connectivity index (χ3n) is 3.11. The summed E-state index contributed by atoms with van der Waals surface area (Å²) in [6.45, 7) is 4.71. The number of pyridine rings is 1.